The minimum atomic E-state index is -0.772. The first-order chi connectivity index (χ1) is 7.48. The Morgan fingerprint density at radius 1 is 1.56 bits per heavy atom. The zero-order valence-electron chi connectivity index (χ0n) is 9.60. The van der Waals surface area contributed by atoms with Crippen LogP contribution in [0.5, 0.6) is 0 Å². The molecule has 0 saturated carbocycles. The quantitative estimate of drug-likeness (QED) is 0.399. The fraction of sp³-hybridized carbons (Fsp3) is 0.636. The number of hydrogen-bond donors (Lipinski definition) is 0. The topological polar surface area (TPSA) is 53.2 Å². The molecular weight excluding hydrogens is 208 g/mol. The molecule has 0 radical (unpaired) electrons. The van der Waals surface area contributed by atoms with Crippen LogP contribution < -0.4 is 0 Å². The predicted octanol–water partition coefficient (Wildman–Crippen LogP) is 0.614. The molecule has 5 nitrogen and oxygen atoms in total. The van der Waals surface area contributed by atoms with Crippen LogP contribution in [0.3, 0.4) is 0 Å². The summed E-state index contributed by atoms with van der Waals surface area (Å²) in [6.07, 6.45) is 1.66. The Labute approximate surface area is 94.6 Å². The van der Waals surface area contributed by atoms with Crippen LogP contribution in [0, 0.1) is 0 Å². The van der Waals surface area contributed by atoms with E-state index in [1.807, 2.05) is 0 Å². The first-order valence-corrected chi connectivity index (χ1v) is 5.34. The largest absolute Gasteiger partial charge is 0.371 e. The smallest absolute Gasteiger partial charge is 0.328 e. The molecule has 0 spiro atoms. The van der Waals surface area contributed by atoms with Crippen LogP contribution in [0.25, 0.3) is 0 Å². The Morgan fingerprint density at radius 3 is 2.69 bits per heavy atom. The van der Waals surface area contributed by atoms with E-state index in [0.717, 1.165) is 0 Å². The number of imide groups is 1. The van der Waals surface area contributed by atoms with Gasteiger partial charge in [-0.15, -0.1) is 6.58 Å². The van der Waals surface area contributed by atoms with Crippen molar-refractivity contribution >= 4 is 11.9 Å². The Morgan fingerprint density at radius 2 is 2.19 bits per heavy atom. The van der Waals surface area contributed by atoms with Gasteiger partial charge < -0.3 is 9.64 Å². The van der Waals surface area contributed by atoms with Gasteiger partial charge in [0.2, 0.25) is 0 Å². The molecule has 0 aromatic carbocycles. The van der Waals surface area contributed by atoms with Crippen molar-refractivity contribution in [1.29, 1.82) is 0 Å². The van der Waals surface area contributed by atoms with E-state index >= 15 is 0 Å². The number of nitrogens with zero attached hydrogens (tertiary/aromatic N) is 2. The summed E-state index contributed by atoms with van der Waals surface area (Å²) < 4.78 is 5.10. The van der Waals surface area contributed by atoms with Gasteiger partial charge in [0.05, 0.1) is 19.3 Å². The lowest BCUT2D eigenvalue weighted by molar-refractivity contribution is -0.131. The van der Waals surface area contributed by atoms with E-state index in [9.17, 15) is 9.59 Å². The minimum absolute atomic E-state index is 0.0970. The van der Waals surface area contributed by atoms with E-state index in [1.165, 1.54) is 4.90 Å². The summed E-state index contributed by atoms with van der Waals surface area (Å²) >= 11 is 0. The number of amides is 3. The molecule has 2 fully saturated rings. The maximum absolute atomic E-state index is 12.0. The lowest BCUT2D eigenvalue weighted by Crippen LogP contribution is -2.45. The highest BCUT2D eigenvalue weighted by Gasteiger charge is 2.52. The standard InChI is InChI=1S/C11H16N2O3/c1-4-5-12-9(14)11(2,3)13(10(12)15)6-8-7-16-8/h4,8H,1,5-7H2,2-3H3. The third-order valence-corrected chi connectivity index (χ3v) is 3.01. The summed E-state index contributed by atoms with van der Waals surface area (Å²) in [6, 6.07) is -0.245. The molecule has 1 atom stereocenters. The van der Waals surface area contributed by atoms with E-state index in [2.05, 4.69) is 6.58 Å². The molecule has 88 valence electrons. The van der Waals surface area contributed by atoms with Crippen molar-refractivity contribution in [3.63, 3.8) is 0 Å². The second kappa shape index (κ2) is 3.59. The number of epoxide rings is 1. The van der Waals surface area contributed by atoms with Crippen molar-refractivity contribution in [2.24, 2.45) is 0 Å². The number of carbonyl (C=O) groups is 2. The van der Waals surface area contributed by atoms with Crippen LogP contribution in [-0.4, -0.2) is 53.1 Å². The van der Waals surface area contributed by atoms with Crippen LogP contribution in [0.4, 0.5) is 4.79 Å². The van der Waals surface area contributed by atoms with Crippen molar-refractivity contribution in [2.75, 3.05) is 19.7 Å². The second-order valence-electron chi connectivity index (χ2n) is 4.61. The van der Waals surface area contributed by atoms with Crippen LogP contribution in [0.15, 0.2) is 12.7 Å². The Hall–Kier alpha value is -1.36. The molecule has 0 aromatic heterocycles. The average molecular weight is 224 g/mol. The van der Waals surface area contributed by atoms with Gasteiger partial charge in [-0.1, -0.05) is 6.08 Å². The number of hydrogen-bond acceptors (Lipinski definition) is 3. The molecule has 0 aliphatic carbocycles. The summed E-state index contributed by atoms with van der Waals surface area (Å²) in [5.41, 5.74) is -0.772. The van der Waals surface area contributed by atoms with Crippen molar-refractivity contribution in [3.8, 4) is 0 Å². The summed E-state index contributed by atoms with van der Waals surface area (Å²) in [4.78, 5) is 26.8. The van der Waals surface area contributed by atoms with Gasteiger partial charge in [-0.05, 0) is 13.8 Å². The first kappa shape index (κ1) is 11.1. The Bertz CT molecular complexity index is 347. The lowest BCUT2D eigenvalue weighted by Gasteiger charge is -2.26. The molecule has 1 unspecified atom stereocenters. The molecule has 2 heterocycles. The van der Waals surface area contributed by atoms with Crippen LogP contribution in [0.1, 0.15) is 13.8 Å². The first-order valence-electron chi connectivity index (χ1n) is 5.34. The molecule has 2 aliphatic rings. The molecule has 2 saturated heterocycles. The fourth-order valence-corrected chi connectivity index (χ4v) is 1.89. The molecule has 5 heteroatoms. The predicted molar refractivity (Wildman–Crippen MR) is 57.8 cm³/mol. The number of urea groups is 1. The normalized spacial score (nSPS) is 27.5. The van der Waals surface area contributed by atoms with E-state index in [0.29, 0.717) is 13.2 Å². The highest BCUT2D eigenvalue weighted by Crippen LogP contribution is 2.29. The van der Waals surface area contributed by atoms with E-state index < -0.39 is 5.54 Å². The van der Waals surface area contributed by atoms with E-state index in [-0.39, 0.29) is 24.6 Å². The zero-order valence-corrected chi connectivity index (χ0v) is 9.60. The number of carbonyl (C=O) groups excluding carboxylic acids is 2. The monoisotopic (exact) mass is 224 g/mol. The molecule has 0 N–H and O–H groups in total. The fourth-order valence-electron chi connectivity index (χ4n) is 1.89. The zero-order chi connectivity index (χ0) is 11.9. The third-order valence-electron chi connectivity index (χ3n) is 3.01. The van der Waals surface area contributed by atoms with Gasteiger partial charge in [0.1, 0.15) is 5.54 Å². The summed E-state index contributed by atoms with van der Waals surface area (Å²) in [6.45, 7) is 8.51. The van der Waals surface area contributed by atoms with Crippen molar-refractivity contribution in [3.05, 3.63) is 12.7 Å². The minimum Gasteiger partial charge on any atom is -0.371 e. The summed E-state index contributed by atoms with van der Waals surface area (Å²) in [5.74, 6) is -0.168. The van der Waals surface area contributed by atoms with Gasteiger partial charge in [0.15, 0.2) is 0 Å². The molecule has 0 aromatic rings. The van der Waals surface area contributed by atoms with E-state index in [4.69, 9.17) is 4.74 Å². The second-order valence-corrected chi connectivity index (χ2v) is 4.61. The molecule has 0 bridgehead atoms. The van der Waals surface area contributed by atoms with Crippen LogP contribution in [-0.2, 0) is 9.53 Å². The van der Waals surface area contributed by atoms with Gasteiger partial charge >= 0.3 is 6.03 Å². The number of rotatable bonds is 4. The third kappa shape index (κ3) is 1.61. The molecule has 2 aliphatic heterocycles. The average Bonchev–Trinajstić information content (AvgIpc) is 3.01. The van der Waals surface area contributed by atoms with Crippen molar-refractivity contribution < 1.29 is 14.3 Å². The van der Waals surface area contributed by atoms with Crippen LogP contribution >= 0.6 is 0 Å². The highest BCUT2D eigenvalue weighted by atomic mass is 16.6. The van der Waals surface area contributed by atoms with Gasteiger partial charge in [-0.25, -0.2) is 4.79 Å². The summed E-state index contributed by atoms with van der Waals surface area (Å²) in [5, 5.41) is 0. The van der Waals surface area contributed by atoms with E-state index in [1.54, 1.807) is 24.8 Å². The van der Waals surface area contributed by atoms with Gasteiger partial charge in [0, 0.05) is 6.54 Å². The van der Waals surface area contributed by atoms with Gasteiger partial charge in [0.25, 0.3) is 5.91 Å². The van der Waals surface area contributed by atoms with Crippen molar-refractivity contribution in [1.82, 2.24) is 9.80 Å². The maximum Gasteiger partial charge on any atom is 0.328 e. The Balaban J connectivity index is 2.19. The lowest BCUT2D eigenvalue weighted by atomic mass is 10.0. The number of ether oxygens (including phenoxy) is 1. The molecule has 16 heavy (non-hydrogen) atoms. The van der Waals surface area contributed by atoms with Crippen LogP contribution in [0.2, 0.25) is 0 Å². The van der Waals surface area contributed by atoms with Gasteiger partial charge in [-0.3, -0.25) is 9.69 Å². The molecular formula is C11H16N2O3. The highest BCUT2D eigenvalue weighted by molar-refractivity contribution is 6.06. The summed E-state index contributed by atoms with van der Waals surface area (Å²) in [7, 11) is 0. The Kier molecular flexibility index (Phi) is 2.50. The van der Waals surface area contributed by atoms with Gasteiger partial charge in [-0.2, -0.15) is 0 Å². The maximum atomic E-state index is 12.0. The van der Waals surface area contributed by atoms with Crippen molar-refractivity contribution in [2.45, 2.75) is 25.5 Å². The SMILES string of the molecule is C=CCN1C(=O)N(CC2CO2)C(C)(C)C1=O. The molecule has 3 amide bonds. The molecule has 2 rings (SSSR count).